The molecule has 0 aromatic rings. The van der Waals surface area contributed by atoms with Gasteiger partial charge in [0.25, 0.3) is 0 Å². The lowest BCUT2D eigenvalue weighted by atomic mass is 9.58. The Balaban J connectivity index is 1.49. The van der Waals surface area contributed by atoms with E-state index in [0.29, 0.717) is 17.6 Å². The summed E-state index contributed by atoms with van der Waals surface area (Å²) in [5.41, 5.74) is 4.71. The predicted octanol–water partition coefficient (Wildman–Crippen LogP) is 3.94. The molecular formula is C20H26O3. The number of fused-ring (bicyclic) bond motifs is 4. The van der Waals surface area contributed by atoms with Gasteiger partial charge in [0.05, 0.1) is 13.2 Å². The minimum Gasteiger partial charge on any atom is -0.347 e. The molecule has 0 bridgehead atoms. The van der Waals surface area contributed by atoms with Crippen LogP contribution in [0.1, 0.15) is 58.3 Å². The van der Waals surface area contributed by atoms with Crippen molar-refractivity contribution >= 4 is 5.78 Å². The van der Waals surface area contributed by atoms with E-state index < -0.39 is 0 Å². The number of ether oxygens (including phenoxy) is 2. The average molecular weight is 314 g/mol. The highest BCUT2D eigenvalue weighted by molar-refractivity contribution is 5.87. The van der Waals surface area contributed by atoms with Gasteiger partial charge < -0.3 is 9.47 Å². The van der Waals surface area contributed by atoms with E-state index in [4.69, 9.17) is 9.47 Å². The molecule has 1 heterocycles. The van der Waals surface area contributed by atoms with Crippen LogP contribution in [0, 0.1) is 17.3 Å². The standard InChI is InChI=1S/C20H26O3/c1-19-8-6-15-14-7-9-20(22-10-11-23-20)12-13(14)2-3-16(15)17(19)4-5-18(19)21/h6,16-17H,2-5,7-12H2,1H3/t16-,17+,19-/m0/s1. The lowest BCUT2D eigenvalue weighted by molar-refractivity contribution is -0.164. The summed E-state index contributed by atoms with van der Waals surface area (Å²) in [7, 11) is 0. The first-order valence-electron chi connectivity index (χ1n) is 9.34. The molecule has 1 spiro atoms. The highest BCUT2D eigenvalue weighted by atomic mass is 16.7. The number of carbonyl (C=O) groups excluding carboxylic acids is 1. The SMILES string of the molecule is C[C@]12CC=C3C4=C(CC[C@@H]3[C@H]1CCC2=O)CC1(CC4)OCCO1. The van der Waals surface area contributed by atoms with Gasteiger partial charge in [-0.25, -0.2) is 0 Å². The van der Waals surface area contributed by atoms with Crippen LogP contribution in [0.5, 0.6) is 0 Å². The van der Waals surface area contributed by atoms with E-state index in [2.05, 4.69) is 13.0 Å². The molecule has 3 heteroatoms. The highest BCUT2D eigenvalue weighted by Gasteiger charge is 2.53. The number of allylic oxidation sites excluding steroid dienone is 3. The van der Waals surface area contributed by atoms with Gasteiger partial charge in [-0.15, -0.1) is 0 Å². The van der Waals surface area contributed by atoms with Gasteiger partial charge in [0.2, 0.25) is 0 Å². The zero-order valence-corrected chi connectivity index (χ0v) is 14.0. The third-order valence-electron chi connectivity index (χ3n) is 7.35. The van der Waals surface area contributed by atoms with E-state index in [1.54, 1.807) is 16.7 Å². The van der Waals surface area contributed by atoms with Crippen LogP contribution in [0.3, 0.4) is 0 Å². The van der Waals surface area contributed by atoms with Crippen molar-refractivity contribution in [1.29, 1.82) is 0 Å². The average Bonchev–Trinajstić information content (AvgIpc) is 3.12. The molecule has 1 saturated carbocycles. The first kappa shape index (κ1) is 14.4. The smallest absolute Gasteiger partial charge is 0.172 e. The van der Waals surface area contributed by atoms with Crippen LogP contribution in [0.2, 0.25) is 0 Å². The molecule has 1 aliphatic heterocycles. The van der Waals surface area contributed by atoms with Crippen LogP contribution in [0.4, 0.5) is 0 Å². The Hall–Kier alpha value is -0.930. The van der Waals surface area contributed by atoms with Crippen LogP contribution >= 0.6 is 0 Å². The van der Waals surface area contributed by atoms with Crippen molar-refractivity contribution in [1.82, 2.24) is 0 Å². The molecule has 4 aliphatic carbocycles. The van der Waals surface area contributed by atoms with Gasteiger partial charge in [-0.05, 0) is 55.1 Å². The molecule has 5 rings (SSSR count). The lowest BCUT2D eigenvalue weighted by Gasteiger charge is -2.46. The van der Waals surface area contributed by atoms with Gasteiger partial charge >= 0.3 is 0 Å². The van der Waals surface area contributed by atoms with Crippen LogP contribution in [0.25, 0.3) is 0 Å². The summed E-state index contributed by atoms with van der Waals surface area (Å²) >= 11 is 0. The normalized spacial score (nSPS) is 41.6. The van der Waals surface area contributed by atoms with Crippen molar-refractivity contribution < 1.29 is 14.3 Å². The third kappa shape index (κ3) is 1.93. The van der Waals surface area contributed by atoms with E-state index in [0.717, 1.165) is 51.7 Å². The lowest BCUT2D eigenvalue weighted by Crippen LogP contribution is -2.41. The fourth-order valence-electron chi connectivity index (χ4n) is 6.08. The van der Waals surface area contributed by atoms with Gasteiger partial charge in [0, 0.05) is 24.7 Å². The molecule has 0 radical (unpaired) electrons. The molecule has 5 aliphatic rings. The summed E-state index contributed by atoms with van der Waals surface area (Å²) in [6.45, 7) is 3.72. The Morgan fingerprint density at radius 3 is 2.78 bits per heavy atom. The van der Waals surface area contributed by atoms with Crippen molar-refractivity contribution in [3.05, 3.63) is 22.8 Å². The molecule has 0 unspecified atom stereocenters. The molecule has 0 N–H and O–H groups in total. The molecular weight excluding hydrogens is 288 g/mol. The summed E-state index contributed by atoms with van der Waals surface area (Å²) in [6.07, 6.45) is 10.7. The van der Waals surface area contributed by atoms with E-state index in [1.165, 1.54) is 12.8 Å². The molecule has 1 saturated heterocycles. The summed E-state index contributed by atoms with van der Waals surface area (Å²) < 4.78 is 11.9. The van der Waals surface area contributed by atoms with Gasteiger partial charge in [-0.2, -0.15) is 0 Å². The maximum Gasteiger partial charge on any atom is 0.172 e. The second kappa shape index (κ2) is 4.80. The van der Waals surface area contributed by atoms with Gasteiger partial charge in [0.15, 0.2) is 5.79 Å². The third-order valence-corrected chi connectivity index (χ3v) is 7.35. The Bertz CT molecular complexity index is 623. The van der Waals surface area contributed by atoms with Crippen molar-refractivity contribution in [2.45, 2.75) is 64.1 Å². The molecule has 23 heavy (non-hydrogen) atoms. The molecule has 2 fully saturated rings. The number of hydrogen-bond acceptors (Lipinski definition) is 3. The number of rotatable bonds is 0. The summed E-state index contributed by atoms with van der Waals surface area (Å²) in [5, 5.41) is 0. The molecule has 3 nitrogen and oxygen atoms in total. The summed E-state index contributed by atoms with van der Waals surface area (Å²) in [6, 6.07) is 0. The number of hydrogen-bond donors (Lipinski definition) is 0. The van der Waals surface area contributed by atoms with Crippen LogP contribution in [-0.4, -0.2) is 24.8 Å². The van der Waals surface area contributed by atoms with Gasteiger partial charge in [0.1, 0.15) is 5.78 Å². The largest absolute Gasteiger partial charge is 0.347 e. The maximum absolute atomic E-state index is 12.4. The zero-order chi connectivity index (χ0) is 15.7. The molecule has 3 atom stereocenters. The van der Waals surface area contributed by atoms with Gasteiger partial charge in [-0.3, -0.25) is 4.79 Å². The first-order valence-corrected chi connectivity index (χ1v) is 9.34. The number of Topliss-reactive ketones (excluding diaryl/α,β-unsaturated/α-hetero) is 1. The fraction of sp³-hybridized carbons (Fsp3) is 0.750. The quantitative estimate of drug-likeness (QED) is 0.679. The molecule has 0 aromatic heterocycles. The second-order valence-electron chi connectivity index (χ2n) is 8.36. The monoisotopic (exact) mass is 314 g/mol. The van der Waals surface area contributed by atoms with E-state index in [1.807, 2.05) is 0 Å². The summed E-state index contributed by atoms with van der Waals surface area (Å²) in [4.78, 5) is 12.4. The summed E-state index contributed by atoms with van der Waals surface area (Å²) in [5.74, 6) is 1.41. The molecule has 124 valence electrons. The van der Waals surface area contributed by atoms with Crippen LogP contribution in [0.15, 0.2) is 22.8 Å². The first-order chi connectivity index (χ1) is 11.1. The number of ketones is 1. The Morgan fingerprint density at radius 2 is 1.96 bits per heavy atom. The Labute approximate surface area is 138 Å². The van der Waals surface area contributed by atoms with Crippen molar-refractivity contribution in [3.8, 4) is 0 Å². The second-order valence-corrected chi connectivity index (χ2v) is 8.36. The van der Waals surface area contributed by atoms with Gasteiger partial charge in [-0.1, -0.05) is 18.6 Å². The van der Waals surface area contributed by atoms with Crippen LogP contribution in [-0.2, 0) is 14.3 Å². The minimum atomic E-state index is -0.307. The maximum atomic E-state index is 12.4. The van der Waals surface area contributed by atoms with Crippen molar-refractivity contribution in [2.24, 2.45) is 17.3 Å². The molecule has 0 aromatic carbocycles. The zero-order valence-electron chi connectivity index (χ0n) is 14.0. The Morgan fingerprint density at radius 1 is 1.13 bits per heavy atom. The van der Waals surface area contributed by atoms with E-state index in [-0.39, 0.29) is 11.2 Å². The van der Waals surface area contributed by atoms with E-state index in [9.17, 15) is 4.79 Å². The van der Waals surface area contributed by atoms with E-state index >= 15 is 0 Å². The highest BCUT2D eigenvalue weighted by Crippen LogP contribution is 2.58. The van der Waals surface area contributed by atoms with Crippen molar-refractivity contribution in [2.75, 3.05) is 13.2 Å². The minimum absolute atomic E-state index is 0.0696. The topological polar surface area (TPSA) is 35.5 Å². The molecule has 0 amide bonds. The van der Waals surface area contributed by atoms with Crippen LogP contribution < -0.4 is 0 Å². The number of carbonyl (C=O) groups is 1. The fourth-order valence-corrected chi connectivity index (χ4v) is 6.08. The predicted molar refractivity (Wildman–Crippen MR) is 86.8 cm³/mol. The van der Waals surface area contributed by atoms with Crippen molar-refractivity contribution in [3.63, 3.8) is 0 Å². The Kier molecular flexibility index (Phi) is 3.01.